The van der Waals surface area contributed by atoms with Crippen molar-refractivity contribution in [2.75, 3.05) is 12.0 Å². The van der Waals surface area contributed by atoms with E-state index in [2.05, 4.69) is 5.32 Å². The Labute approximate surface area is 189 Å². The quantitative estimate of drug-likeness (QED) is 0.363. The molecule has 1 aliphatic rings. The first-order valence-corrected chi connectivity index (χ1v) is 10.2. The molecule has 3 aromatic rings. The average molecular weight is 444 g/mol. The molecule has 0 radical (unpaired) electrons. The highest BCUT2D eigenvalue weighted by atomic mass is 16.5. The Morgan fingerprint density at radius 1 is 1.03 bits per heavy atom. The Hall–Kier alpha value is -4.46. The van der Waals surface area contributed by atoms with Gasteiger partial charge in [0.2, 0.25) is 0 Å². The van der Waals surface area contributed by atoms with Gasteiger partial charge in [-0.1, -0.05) is 37.3 Å². The van der Waals surface area contributed by atoms with Crippen LogP contribution in [0.3, 0.4) is 0 Å². The average Bonchev–Trinajstić information content (AvgIpc) is 3.30. The number of carbonyl (C=O) groups excluding carboxylic acids is 4. The fraction of sp³-hybridized carbons (Fsp3) is 0.120. The molecular formula is C25H20N2O6. The number of hydrogen-bond donors (Lipinski definition) is 1. The van der Waals surface area contributed by atoms with E-state index in [1.807, 2.05) is 19.1 Å². The van der Waals surface area contributed by atoms with Gasteiger partial charge in [0.25, 0.3) is 11.8 Å². The predicted molar refractivity (Wildman–Crippen MR) is 120 cm³/mol. The molecule has 0 aliphatic carbocycles. The fourth-order valence-corrected chi connectivity index (χ4v) is 3.48. The third-order valence-corrected chi connectivity index (χ3v) is 5.22. The van der Waals surface area contributed by atoms with Crippen molar-refractivity contribution in [3.63, 3.8) is 0 Å². The lowest BCUT2D eigenvalue weighted by atomic mass is 10.1. The highest BCUT2D eigenvalue weighted by molar-refractivity contribution is 6.39. The molecule has 0 spiro atoms. The zero-order valence-corrected chi connectivity index (χ0v) is 18.0. The maximum atomic E-state index is 13.0. The molecule has 0 saturated carbocycles. The number of rotatable bonds is 5. The van der Waals surface area contributed by atoms with Gasteiger partial charge in [-0.25, -0.2) is 14.5 Å². The minimum absolute atomic E-state index is 0.207. The highest BCUT2D eigenvalue weighted by Gasteiger charge is 2.37. The van der Waals surface area contributed by atoms with Crippen molar-refractivity contribution >= 4 is 35.6 Å². The molecule has 4 amide bonds. The first-order valence-electron chi connectivity index (χ1n) is 10.2. The first-order chi connectivity index (χ1) is 15.9. The summed E-state index contributed by atoms with van der Waals surface area (Å²) in [5.41, 5.74) is 1.95. The maximum Gasteiger partial charge on any atom is 0.338 e. The Bertz CT molecular complexity index is 1290. The number of esters is 1. The number of imide groups is 2. The molecule has 0 atom stereocenters. The lowest BCUT2D eigenvalue weighted by molar-refractivity contribution is -0.122. The van der Waals surface area contributed by atoms with Crippen LogP contribution in [0.25, 0.3) is 17.4 Å². The van der Waals surface area contributed by atoms with Crippen molar-refractivity contribution in [2.45, 2.75) is 13.3 Å². The third kappa shape index (κ3) is 4.18. The second-order valence-electron chi connectivity index (χ2n) is 7.22. The molecule has 2 aromatic carbocycles. The smallest absolute Gasteiger partial charge is 0.338 e. The topological polar surface area (TPSA) is 106 Å². The van der Waals surface area contributed by atoms with Gasteiger partial charge in [0.05, 0.1) is 18.4 Å². The summed E-state index contributed by atoms with van der Waals surface area (Å²) in [4.78, 5) is 50.8. The molecule has 0 bridgehead atoms. The van der Waals surface area contributed by atoms with Crippen LogP contribution in [0.1, 0.15) is 28.6 Å². The second-order valence-corrected chi connectivity index (χ2v) is 7.22. The molecule has 166 valence electrons. The van der Waals surface area contributed by atoms with Crippen molar-refractivity contribution in [1.82, 2.24) is 5.32 Å². The molecule has 1 N–H and O–H groups in total. The summed E-state index contributed by atoms with van der Waals surface area (Å²) in [7, 11) is 1.28. The molecular weight excluding hydrogens is 424 g/mol. The zero-order valence-electron chi connectivity index (χ0n) is 18.0. The zero-order chi connectivity index (χ0) is 23.5. The number of nitrogens with zero attached hydrogens (tertiary/aromatic N) is 1. The van der Waals surface area contributed by atoms with Crippen molar-refractivity contribution in [3.05, 3.63) is 83.1 Å². The standard InChI is InChI=1S/C25H20N2O6/c1-3-15-8-10-16(11-9-15)27-23(29)20(22(28)26-25(27)31)14-17-12-13-21(33-17)18-6-4-5-7-19(18)24(30)32-2/h4-14H,3H2,1-2H3,(H,26,28,31)/b20-14+. The van der Waals surface area contributed by atoms with Crippen LogP contribution in [0, 0.1) is 0 Å². The number of barbiturate groups is 1. The van der Waals surface area contributed by atoms with Crippen molar-refractivity contribution in [3.8, 4) is 11.3 Å². The monoisotopic (exact) mass is 444 g/mol. The minimum atomic E-state index is -0.821. The molecule has 1 aliphatic heterocycles. The summed E-state index contributed by atoms with van der Waals surface area (Å²) in [5, 5.41) is 2.18. The molecule has 33 heavy (non-hydrogen) atoms. The number of nitrogens with one attached hydrogen (secondary N) is 1. The summed E-state index contributed by atoms with van der Waals surface area (Å²) >= 11 is 0. The summed E-state index contributed by atoms with van der Waals surface area (Å²) in [5.74, 6) is -1.54. The van der Waals surface area contributed by atoms with Gasteiger partial charge in [-0.05, 0) is 48.4 Å². The van der Waals surface area contributed by atoms with E-state index in [9.17, 15) is 19.2 Å². The number of urea groups is 1. The van der Waals surface area contributed by atoms with Crippen LogP contribution >= 0.6 is 0 Å². The number of ether oxygens (including phenoxy) is 1. The molecule has 1 fully saturated rings. The van der Waals surface area contributed by atoms with E-state index in [-0.39, 0.29) is 11.3 Å². The van der Waals surface area contributed by atoms with Gasteiger partial charge < -0.3 is 9.15 Å². The first kappa shape index (κ1) is 21.8. The number of anilines is 1. The number of aryl methyl sites for hydroxylation is 1. The molecule has 8 heteroatoms. The summed E-state index contributed by atoms with van der Waals surface area (Å²) in [6.45, 7) is 1.99. The second kappa shape index (κ2) is 8.96. The largest absolute Gasteiger partial charge is 0.465 e. The molecule has 0 unspecified atom stereocenters. The molecule has 1 saturated heterocycles. The van der Waals surface area contributed by atoms with Crippen LogP contribution < -0.4 is 10.2 Å². The molecule has 8 nitrogen and oxygen atoms in total. The summed E-state index contributed by atoms with van der Waals surface area (Å²) in [6.07, 6.45) is 2.08. The number of amides is 4. The van der Waals surface area contributed by atoms with E-state index in [1.165, 1.54) is 13.2 Å². The third-order valence-electron chi connectivity index (χ3n) is 5.22. The number of methoxy groups -OCH3 is 1. The van der Waals surface area contributed by atoms with E-state index in [0.717, 1.165) is 16.9 Å². The molecule has 4 rings (SSSR count). The van der Waals surface area contributed by atoms with Gasteiger partial charge in [0.15, 0.2) is 0 Å². The van der Waals surface area contributed by atoms with Crippen LogP contribution in [0.2, 0.25) is 0 Å². The Balaban J connectivity index is 1.67. The van der Waals surface area contributed by atoms with E-state index < -0.39 is 23.8 Å². The fourth-order valence-electron chi connectivity index (χ4n) is 3.48. The van der Waals surface area contributed by atoms with Crippen LogP contribution in [0.15, 0.2) is 70.7 Å². The van der Waals surface area contributed by atoms with Crippen molar-refractivity contribution in [1.29, 1.82) is 0 Å². The number of carbonyl (C=O) groups is 4. The van der Waals surface area contributed by atoms with Crippen LogP contribution in [-0.2, 0) is 20.7 Å². The van der Waals surface area contributed by atoms with Gasteiger partial charge in [0.1, 0.15) is 17.1 Å². The predicted octanol–water partition coefficient (Wildman–Crippen LogP) is 3.96. The van der Waals surface area contributed by atoms with E-state index in [4.69, 9.17) is 9.15 Å². The Morgan fingerprint density at radius 2 is 1.76 bits per heavy atom. The normalized spacial score (nSPS) is 15.0. The van der Waals surface area contributed by atoms with E-state index in [1.54, 1.807) is 48.5 Å². The van der Waals surface area contributed by atoms with Gasteiger partial charge in [0, 0.05) is 5.56 Å². The Kier molecular flexibility index (Phi) is 5.91. The van der Waals surface area contributed by atoms with Gasteiger partial charge in [-0.2, -0.15) is 0 Å². The van der Waals surface area contributed by atoms with Gasteiger partial charge in [-0.15, -0.1) is 0 Å². The van der Waals surface area contributed by atoms with Crippen molar-refractivity contribution in [2.24, 2.45) is 0 Å². The maximum absolute atomic E-state index is 13.0. The Morgan fingerprint density at radius 3 is 2.45 bits per heavy atom. The molecule has 1 aromatic heterocycles. The van der Waals surface area contributed by atoms with Crippen LogP contribution in [0.4, 0.5) is 10.5 Å². The minimum Gasteiger partial charge on any atom is -0.465 e. The van der Waals surface area contributed by atoms with Crippen LogP contribution in [-0.4, -0.2) is 30.9 Å². The summed E-state index contributed by atoms with van der Waals surface area (Å²) < 4.78 is 10.6. The lowest BCUT2D eigenvalue weighted by Crippen LogP contribution is -2.54. The number of benzene rings is 2. The van der Waals surface area contributed by atoms with Crippen LogP contribution in [0.5, 0.6) is 0 Å². The van der Waals surface area contributed by atoms with E-state index in [0.29, 0.717) is 22.6 Å². The van der Waals surface area contributed by atoms with Gasteiger partial charge >= 0.3 is 12.0 Å². The van der Waals surface area contributed by atoms with E-state index >= 15 is 0 Å². The SMILES string of the molecule is CCc1ccc(N2C(=O)NC(=O)/C(=C\c3ccc(-c4ccccc4C(=O)OC)o3)C2=O)cc1. The van der Waals surface area contributed by atoms with Gasteiger partial charge in [-0.3, -0.25) is 14.9 Å². The number of furan rings is 1. The van der Waals surface area contributed by atoms with Crippen molar-refractivity contribution < 1.29 is 28.3 Å². The molecule has 2 heterocycles. The number of hydrogen-bond acceptors (Lipinski definition) is 6. The lowest BCUT2D eigenvalue weighted by Gasteiger charge is -2.26. The highest BCUT2D eigenvalue weighted by Crippen LogP contribution is 2.28. The summed E-state index contributed by atoms with van der Waals surface area (Å²) in [6, 6.07) is 16.0.